The summed E-state index contributed by atoms with van der Waals surface area (Å²) in [6, 6.07) is 10.2. The van der Waals surface area contributed by atoms with Gasteiger partial charge in [0.25, 0.3) is 11.5 Å². The van der Waals surface area contributed by atoms with Gasteiger partial charge in [0.1, 0.15) is 16.2 Å². The van der Waals surface area contributed by atoms with Gasteiger partial charge in [-0.3, -0.25) is 14.2 Å². The molecule has 0 saturated heterocycles. The Kier molecular flexibility index (Phi) is 5.31. The SMILES string of the molecule is CC#Cc1csc2nc([C@H](C)NC(=O)c3c(N)nn4cccnc34)n(-c3ccccc3)c(=O)c12. The van der Waals surface area contributed by atoms with E-state index < -0.39 is 11.9 Å². The van der Waals surface area contributed by atoms with Crippen LogP contribution in [0.2, 0.25) is 0 Å². The van der Waals surface area contributed by atoms with E-state index in [1.807, 2.05) is 35.7 Å². The first-order chi connectivity index (χ1) is 16.5. The van der Waals surface area contributed by atoms with Crippen LogP contribution in [-0.4, -0.2) is 30.1 Å². The molecule has 0 radical (unpaired) electrons. The van der Waals surface area contributed by atoms with Gasteiger partial charge in [0.2, 0.25) is 0 Å². The maximum atomic E-state index is 13.7. The van der Waals surface area contributed by atoms with Crippen LogP contribution in [0, 0.1) is 11.8 Å². The van der Waals surface area contributed by atoms with E-state index in [0.717, 1.165) is 0 Å². The molecule has 4 aromatic heterocycles. The summed E-state index contributed by atoms with van der Waals surface area (Å²) < 4.78 is 2.96. The Morgan fingerprint density at radius 1 is 1.24 bits per heavy atom. The normalized spacial score (nSPS) is 11.8. The molecular formula is C24H19N7O2S. The van der Waals surface area contributed by atoms with Crippen LogP contribution in [0.25, 0.3) is 21.6 Å². The molecule has 9 nitrogen and oxygen atoms in total. The fraction of sp³-hybridized carbons (Fsp3) is 0.125. The third-order valence-electron chi connectivity index (χ3n) is 5.29. The summed E-state index contributed by atoms with van der Waals surface area (Å²) in [6.07, 6.45) is 3.22. The molecule has 0 fully saturated rings. The minimum atomic E-state index is -0.634. The average molecular weight is 470 g/mol. The number of hydrogen-bond donors (Lipinski definition) is 2. The Morgan fingerprint density at radius 2 is 2.03 bits per heavy atom. The van der Waals surface area contributed by atoms with Crippen molar-refractivity contribution in [3.8, 4) is 17.5 Å². The lowest BCUT2D eigenvalue weighted by molar-refractivity contribution is 0.0940. The van der Waals surface area contributed by atoms with Crippen molar-refractivity contribution in [2.45, 2.75) is 19.9 Å². The van der Waals surface area contributed by atoms with E-state index in [-0.39, 0.29) is 16.9 Å². The van der Waals surface area contributed by atoms with Crippen molar-refractivity contribution in [1.29, 1.82) is 0 Å². The molecule has 0 saturated carbocycles. The molecule has 3 N–H and O–H groups in total. The Morgan fingerprint density at radius 3 is 2.79 bits per heavy atom. The molecule has 1 aromatic carbocycles. The van der Waals surface area contributed by atoms with E-state index in [9.17, 15) is 9.59 Å². The zero-order chi connectivity index (χ0) is 23.8. The van der Waals surface area contributed by atoms with Gasteiger partial charge in [0, 0.05) is 17.8 Å². The first-order valence-corrected chi connectivity index (χ1v) is 11.3. The number of fused-ring (bicyclic) bond motifs is 2. The second-order valence-electron chi connectivity index (χ2n) is 7.49. The summed E-state index contributed by atoms with van der Waals surface area (Å²) in [5, 5.41) is 9.33. The van der Waals surface area contributed by atoms with Crippen LogP contribution < -0.4 is 16.6 Å². The molecule has 5 aromatic rings. The first kappa shape index (κ1) is 21.4. The second-order valence-corrected chi connectivity index (χ2v) is 8.35. The highest BCUT2D eigenvalue weighted by Gasteiger charge is 2.25. The van der Waals surface area contributed by atoms with Crippen molar-refractivity contribution in [3.05, 3.63) is 81.5 Å². The highest BCUT2D eigenvalue weighted by Crippen LogP contribution is 2.25. The maximum absolute atomic E-state index is 13.7. The molecule has 0 spiro atoms. The number of nitrogen functional groups attached to an aromatic ring is 1. The van der Waals surface area contributed by atoms with Gasteiger partial charge in [-0.05, 0) is 32.0 Å². The van der Waals surface area contributed by atoms with E-state index in [0.29, 0.717) is 32.9 Å². The number of para-hydroxylation sites is 1. The van der Waals surface area contributed by atoms with Gasteiger partial charge in [0.05, 0.1) is 22.7 Å². The summed E-state index contributed by atoms with van der Waals surface area (Å²) in [5.41, 5.74) is 7.54. The molecule has 0 bridgehead atoms. The van der Waals surface area contributed by atoms with E-state index in [1.165, 1.54) is 20.4 Å². The number of nitrogens with two attached hydrogens (primary N) is 1. The molecule has 168 valence electrons. The van der Waals surface area contributed by atoms with Crippen LogP contribution in [0.1, 0.15) is 41.6 Å². The first-order valence-electron chi connectivity index (χ1n) is 10.4. The fourth-order valence-electron chi connectivity index (χ4n) is 3.81. The molecule has 0 unspecified atom stereocenters. The van der Waals surface area contributed by atoms with Gasteiger partial charge in [0.15, 0.2) is 11.5 Å². The number of rotatable bonds is 4. The number of thiophene rings is 1. The van der Waals surface area contributed by atoms with Gasteiger partial charge < -0.3 is 11.1 Å². The van der Waals surface area contributed by atoms with Gasteiger partial charge in [-0.1, -0.05) is 24.1 Å². The zero-order valence-corrected chi connectivity index (χ0v) is 19.1. The number of nitrogens with one attached hydrogen (secondary N) is 1. The molecule has 1 amide bonds. The lowest BCUT2D eigenvalue weighted by Gasteiger charge is -2.19. The fourth-order valence-corrected chi connectivity index (χ4v) is 4.67. The number of aromatic nitrogens is 5. The summed E-state index contributed by atoms with van der Waals surface area (Å²) in [5.74, 6) is 5.81. The standard InChI is InChI=1S/C24H19N7O2S/c1-3-8-15-13-34-23-17(15)24(33)31(16-9-5-4-6-10-16)20(28-23)14(2)27-22(32)18-19(25)29-30-12-7-11-26-21(18)30/h4-7,9-14H,1-2H3,(H2,25,29)(H,27,32)/t14-/m0/s1. The summed E-state index contributed by atoms with van der Waals surface area (Å²) in [7, 11) is 0. The quantitative estimate of drug-likeness (QED) is 0.391. The van der Waals surface area contributed by atoms with Crippen LogP contribution in [0.4, 0.5) is 5.82 Å². The number of amides is 1. The van der Waals surface area contributed by atoms with Crippen molar-refractivity contribution >= 4 is 38.9 Å². The molecule has 0 aliphatic rings. The summed E-state index contributed by atoms with van der Waals surface area (Å²) in [4.78, 5) is 36.4. The van der Waals surface area contributed by atoms with E-state index >= 15 is 0 Å². The Hall–Kier alpha value is -4.49. The maximum Gasteiger partial charge on any atom is 0.268 e. The number of anilines is 1. The van der Waals surface area contributed by atoms with Crippen molar-refractivity contribution in [3.63, 3.8) is 0 Å². The Balaban J connectivity index is 1.64. The minimum Gasteiger partial charge on any atom is -0.381 e. The van der Waals surface area contributed by atoms with Gasteiger partial charge in [-0.2, -0.15) is 0 Å². The van der Waals surface area contributed by atoms with Crippen LogP contribution in [0.5, 0.6) is 0 Å². The Bertz CT molecular complexity index is 1670. The summed E-state index contributed by atoms with van der Waals surface area (Å²) >= 11 is 1.34. The molecule has 1 atom stereocenters. The Labute approximate surface area is 197 Å². The second kappa shape index (κ2) is 8.46. The summed E-state index contributed by atoms with van der Waals surface area (Å²) in [6.45, 7) is 3.49. The molecule has 0 aliphatic carbocycles. The number of hydrogen-bond acceptors (Lipinski definition) is 7. The molecule has 4 heterocycles. The number of carbonyl (C=O) groups is 1. The highest BCUT2D eigenvalue weighted by atomic mass is 32.1. The van der Waals surface area contributed by atoms with Gasteiger partial charge in [-0.15, -0.1) is 22.4 Å². The molecule has 5 rings (SSSR count). The molecule has 10 heteroatoms. The van der Waals surface area contributed by atoms with E-state index in [1.54, 1.807) is 32.3 Å². The van der Waals surface area contributed by atoms with E-state index in [2.05, 4.69) is 27.2 Å². The van der Waals surface area contributed by atoms with Crippen LogP contribution in [-0.2, 0) is 0 Å². The zero-order valence-electron chi connectivity index (χ0n) is 18.3. The van der Waals surface area contributed by atoms with Gasteiger partial charge in [-0.25, -0.2) is 14.5 Å². The predicted octanol–water partition coefficient (Wildman–Crippen LogP) is 2.93. The van der Waals surface area contributed by atoms with E-state index in [4.69, 9.17) is 10.7 Å². The van der Waals surface area contributed by atoms with Crippen LogP contribution in [0.15, 0.2) is 59.0 Å². The third-order valence-corrected chi connectivity index (χ3v) is 6.16. The number of carbonyl (C=O) groups excluding carboxylic acids is 1. The average Bonchev–Trinajstić information content (AvgIpc) is 3.39. The van der Waals surface area contributed by atoms with Crippen molar-refractivity contribution in [2.24, 2.45) is 0 Å². The lowest BCUT2D eigenvalue weighted by Crippen LogP contribution is -2.33. The number of benzene rings is 1. The molecule has 34 heavy (non-hydrogen) atoms. The molecule has 0 aliphatic heterocycles. The van der Waals surface area contributed by atoms with Gasteiger partial charge >= 0.3 is 0 Å². The van der Waals surface area contributed by atoms with Crippen LogP contribution >= 0.6 is 11.3 Å². The third kappa shape index (κ3) is 3.48. The number of nitrogens with zero attached hydrogens (tertiary/aromatic N) is 5. The van der Waals surface area contributed by atoms with Crippen molar-refractivity contribution < 1.29 is 4.79 Å². The van der Waals surface area contributed by atoms with Crippen molar-refractivity contribution in [1.82, 2.24) is 29.5 Å². The largest absolute Gasteiger partial charge is 0.381 e. The topological polar surface area (TPSA) is 120 Å². The highest BCUT2D eigenvalue weighted by molar-refractivity contribution is 7.17. The molecular weight excluding hydrogens is 450 g/mol. The predicted molar refractivity (Wildman–Crippen MR) is 131 cm³/mol. The minimum absolute atomic E-state index is 0.0632. The van der Waals surface area contributed by atoms with Crippen molar-refractivity contribution in [2.75, 3.05) is 5.73 Å². The van der Waals surface area contributed by atoms with Crippen LogP contribution in [0.3, 0.4) is 0 Å². The monoisotopic (exact) mass is 469 g/mol. The smallest absolute Gasteiger partial charge is 0.268 e. The lowest BCUT2D eigenvalue weighted by atomic mass is 10.2.